The number of nitrogens with one attached hydrogen (secondary N) is 2. The van der Waals surface area contributed by atoms with Crippen LogP contribution >= 0.6 is 0 Å². The third-order valence-corrected chi connectivity index (χ3v) is 5.48. The van der Waals surface area contributed by atoms with E-state index in [0.29, 0.717) is 5.92 Å². The molecule has 4 heterocycles. The van der Waals surface area contributed by atoms with Crippen LogP contribution in [0.5, 0.6) is 0 Å². The first-order valence-electron chi connectivity index (χ1n) is 9.59. The van der Waals surface area contributed by atoms with Crippen molar-refractivity contribution in [1.29, 1.82) is 0 Å². The number of aromatic amines is 1. The molecular formula is C20H23N7. The van der Waals surface area contributed by atoms with E-state index < -0.39 is 0 Å². The lowest BCUT2D eigenvalue weighted by molar-refractivity contribution is 0.434. The molecule has 2 N–H and O–H groups in total. The topological polar surface area (TPSA) is 83.8 Å². The van der Waals surface area contributed by atoms with Crippen LogP contribution < -0.4 is 5.32 Å². The van der Waals surface area contributed by atoms with Gasteiger partial charge in [0.05, 0.1) is 11.2 Å². The summed E-state index contributed by atoms with van der Waals surface area (Å²) in [6.45, 7) is 2.90. The molecule has 0 bridgehead atoms. The quantitative estimate of drug-likeness (QED) is 0.751. The molecule has 3 aromatic rings. The highest BCUT2D eigenvalue weighted by Gasteiger charge is 2.22. The lowest BCUT2D eigenvalue weighted by atomic mass is 9.99. The molecule has 7 nitrogen and oxygen atoms in total. The van der Waals surface area contributed by atoms with Crippen LogP contribution in [0.1, 0.15) is 36.7 Å². The molecule has 7 heteroatoms. The van der Waals surface area contributed by atoms with Crippen LogP contribution in [0.2, 0.25) is 0 Å². The third-order valence-electron chi connectivity index (χ3n) is 5.48. The zero-order valence-electron chi connectivity index (χ0n) is 15.4. The lowest BCUT2D eigenvalue weighted by Crippen LogP contribution is -2.29. The van der Waals surface area contributed by atoms with E-state index in [-0.39, 0.29) is 0 Å². The average Bonchev–Trinajstić information content (AvgIpc) is 3.32. The number of benzene rings is 1. The number of aliphatic imine (C=N–C) groups is 1. The van der Waals surface area contributed by atoms with Gasteiger partial charge in [-0.05, 0) is 55.7 Å². The second kappa shape index (κ2) is 6.74. The zero-order valence-corrected chi connectivity index (χ0v) is 15.4. The van der Waals surface area contributed by atoms with E-state index in [0.717, 1.165) is 59.9 Å². The highest BCUT2D eigenvalue weighted by atomic mass is 15.3. The molecule has 0 unspecified atom stereocenters. The SMILES string of the molecule is Cn1nc(-c2ccc3[nH]nc(C4=CC=NCC4)c3c2)nc1[C@@H]1CCCNC1. The third kappa shape index (κ3) is 2.98. The number of allylic oxidation sites excluding steroid dienone is 1. The summed E-state index contributed by atoms with van der Waals surface area (Å²) in [5, 5.41) is 17.0. The monoisotopic (exact) mass is 361 g/mol. The Hall–Kier alpha value is -2.80. The maximum atomic E-state index is 4.88. The molecule has 2 aliphatic rings. The number of hydrogen-bond donors (Lipinski definition) is 2. The Balaban J connectivity index is 1.53. The maximum Gasteiger partial charge on any atom is 0.181 e. The van der Waals surface area contributed by atoms with Crippen LogP contribution in [0.3, 0.4) is 0 Å². The molecule has 0 amide bonds. The van der Waals surface area contributed by atoms with E-state index in [2.05, 4.69) is 44.8 Å². The number of piperidine rings is 1. The molecule has 2 aliphatic heterocycles. The number of dihydropyridines is 1. The summed E-state index contributed by atoms with van der Waals surface area (Å²) in [5.74, 6) is 2.28. The van der Waals surface area contributed by atoms with Gasteiger partial charge in [-0.2, -0.15) is 10.2 Å². The van der Waals surface area contributed by atoms with Gasteiger partial charge in [-0.3, -0.25) is 14.8 Å². The second-order valence-electron chi connectivity index (χ2n) is 7.29. The first kappa shape index (κ1) is 16.4. The molecule has 2 aromatic heterocycles. The smallest absolute Gasteiger partial charge is 0.181 e. The zero-order chi connectivity index (χ0) is 18.2. The average molecular weight is 361 g/mol. The molecule has 27 heavy (non-hydrogen) atoms. The Morgan fingerprint density at radius 3 is 3.04 bits per heavy atom. The largest absolute Gasteiger partial charge is 0.316 e. The van der Waals surface area contributed by atoms with Gasteiger partial charge in [-0.15, -0.1) is 0 Å². The van der Waals surface area contributed by atoms with Crippen molar-refractivity contribution in [1.82, 2.24) is 30.3 Å². The first-order chi connectivity index (χ1) is 13.3. The van der Waals surface area contributed by atoms with Crippen molar-refractivity contribution < 1.29 is 0 Å². The van der Waals surface area contributed by atoms with E-state index in [1.54, 1.807) is 0 Å². The molecular weight excluding hydrogens is 338 g/mol. The summed E-state index contributed by atoms with van der Waals surface area (Å²) in [6.07, 6.45) is 7.20. The normalized spacial score (nSPS) is 20.2. The summed E-state index contributed by atoms with van der Waals surface area (Å²) >= 11 is 0. The molecule has 0 saturated carbocycles. The lowest BCUT2D eigenvalue weighted by Gasteiger charge is -2.21. The van der Waals surface area contributed by atoms with Gasteiger partial charge in [0.2, 0.25) is 0 Å². The van der Waals surface area contributed by atoms with Crippen LogP contribution in [0, 0.1) is 0 Å². The summed E-state index contributed by atoms with van der Waals surface area (Å²) < 4.78 is 1.94. The molecule has 0 radical (unpaired) electrons. The fraction of sp³-hybridized carbons (Fsp3) is 0.400. The number of nitrogens with zero attached hydrogens (tertiary/aromatic N) is 5. The van der Waals surface area contributed by atoms with Crippen molar-refractivity contribution in [3.8, 4) is 11.4 Å². The molecule has 0 spiro atoms. The van der Waals surface area contributed by atoms with Crippen LogP contribution in [-0.2, 0) is 7.05 Å². The summed E-state index contributed by atoms with van der Waals surface area (Å²) in [7, 11) is 1.99. The van der Waals surface area contributed by atoms with Crippen molar-refractivity contribution >= 4 is 22.7 Å². The maximum absolute atomic E-state index is 4.88. The van der Waals surface area contributed by atoms with E-state index in [9.17, 15) is 0 Å². The summed E-state index contributed by atoms with van der Waals surface area (Å²) in [6, 6.07) is 6.29. The number of aryl methyl sites for hydroxylation is 1. The molecule has 138 valence electrons. The van der Waals surface area contributed by atoms with E-state index in [1.165, 1.54) is 18.4 Å². The van der Waals surface area contributed by atoms with Gasteiger partial charge in [0.25, 0.3) is 0 Å². The van der Waals surface area contributed by atoms with Crippen molar-refractivity contribution in [2.75, 3.05) is 19.6 Å². The Morgan fingerprint density at radius 2 is 2.22 bits per heavy atom. The minimum absolute atomic E-state index is 0.435. The van der Waals surface area contributed by atoms with Crippen LogP contribution in [0.4, 0.5) is 0 Å². The minimum Gasteiger partial charge on any atom is -0.316 e. The highest BCUT2D eigenvalue weighted by Crippen LogP contribution is 2.30. The number of hydrogen-bond acceptors (Lipinski definition) is 5. The molecule has 5 rings (SSSR count). The summed E-state index contributed by atoms with van der Waals surface area (Å²) in [5.41, 5.74) is 4.28. The fourth-order valence-electron chi connectivity index (χ4n) is 4.03. The van der Waals surface area contributed by atoms with Crippen molar-refractivity contribution in [3.63, 3.8) is 0 Å². The van der Waals surface area contributed by atoms with Gasteiger partial charge >= 0.3 is 0 Å². The Labute approximate surface area is 157 Å². The van der Waals surface area contributed by atoms with Crippen molar-refractivity contribution in [3.05, 3.63) is 35.8 Å². The molecule has 1 atom stereocenters. The van der Waals surface area contributed by atoms with Gasteiger partial charge in [-0.25, -0.2) is 4.98 Å². The Morgan fingerprint density at radius 1 is 1.26 bits per heavy atom. The van der Waals surface area contributed by atoms with Crippen LogP contribution in [0.25, 0.3) is 27.9 Å². The van der Waals surface area contributed by atoms with Gasteiger partial charge in [0, 0.05) is 43.2 Å². The second-order valence-corrected chi connectivity index (χ2v) is 7.29. The predicted molar refractivity (Wildman–Crippen MR) is 107 cm³/mol. The first-order valence-corrected chi connectivity index (χ1v) is 9.59. The standard InChI is InChI=1S/C20H23N7/c1-27-20(15-3-2-8-22-12-15)23-19(26-27)14-4-5-17-16(11-14)18(25-24-17)13-6-9-21-10-7-13/h4-6,9,11,15,22H,2-3,7-8,10,12H2,1H3,(H,24,25)/t15-/m1/s1. The van der Waals surface area contributed by atoms with E-state index in [1.807, 2.05) is 17.9 Å². The van der Waals surface area contributed by atoms with E-state index in [4.69, 9.17) is 10.1 Å². The number of aromatic nitrogens is 5. The Bertz CT molecular complexity index is 1030. The molecule has 1 fully saturated rings. The number of fused-ring (bicyclic) bond motifs is 1. The summed E-state index contributed by atoms with van der Waals surface area (Å²) in [4.78, 5) is 9.15. The van der Waals surface area contributed by atoms with Crippen molar-refractivity contribution in [2.24, 2.45) is 12.0 Å². The van der Waals surface area contributed by atoms with Gasteiger partial charge in [0.15, 0.2) is 5.82 Å². The number of H-pyrrole nitrogens is 1. The Kier molecular flexibility index (Phi) is 4.09. The molecule has 1 aromatic carbocycles. The molecule has 1 saturated heterocycles. The van der Waals surface area contributed by atoms with Gasteiger partial charge in [0.1, 0.15) is 5.82 Å². The minimum atomic E-state index is 0.435. The van der Waals surface area contributed by atoms with Crippen LogP contribution in [-0.4, -0.2) is 50.8 Å². The number of rotatable bonds is 3. The van der Waals surface area contributed by atoms with E-state index >= 15 is 0 Å². The van der Waals surface area contributed by atoms with Crippen molar-refractivity contribution in [2.45, 2.75) is 25.2 Å². The predicted octanol–water partition coefficient (Wildman–Crippen LogP) is 2.68. The fourth-order valence-corrected chi connectivity index (χ4v) is 4.03. The molecule has 0 aliphatic carbocycles. The van der Waals surface area contributed by atoms with Crippen LogP contribution in [0.15, 0.2) is 29.3 Å². The van der Waals surface area contributed by atoms with Gasteiger partial charge in [-0.1, -0.05) is 0 Å². The highest BCUT2D eigenvalue weighted by molar-refractivity contribution is 5.96. The van der Waals surface area contributed by atoms with Gasteiger partial charge < -0.3 is 5.32 Å².